The summed E-state index contributed by atoms with van der Waals surface area (Å²) < 4.78 is 29.8. The standard InChI is InChI=1S/C19H43NO5P2/c1-10-21-18(8,22-11-2)26-14(5)17(25-16(7)20)15(6)27-19(9,23-12-3)24-13-4/h14-17,26-27H,10-13,20H2,1-9H3. The molecule has 0 aliphatic carbocycles. The highest BCUT2D eigenvalue weighted by atomic mass is 31.1. The van der Waals surface area contributed by atoms with Crippen LogP contribution >= 0.6 is 17.2 Å². The van der Waals surface area contributed by atoms with Gasteiger partial charge in [-0.05, 0) is 48.5 Å². The Morgan fingerprint density at radius 3 is 1.22 bits per heavy atom. The zero-order valence-electron chi connectivity index (χ0n) is 18.8. The fourth-order valence-corrected chi connectivity index (χ4v) is 7.08. The van der Waals surface area contributed by atoms with Crippen molar-refractivity contribution in [1.29, 1.82) is 0 Å². The number of hydrogen-bond donors (Lipinski definition) is 1. The Morgan fingerprint density at radius 1 is 0.704 bits per heavy atom. The molecule has 6 nitrogen and oxygen atoms in total. The van der Waals surface area contributed by atoms with Gasteiger partial charge < -0.3 is 29.4 Å². The molecule has 0 radical (unpaired) electrons. The van der Waals surface area contributed by atoms with Crippen LogP contribution in [0, 0.1) is 0 Å². The molecule has 0 aliphatic rings. The molecule has 0 heterocycles. The van der Waals surface area contributed by atoms with E-state index in [1.54, 1.807) is 0 Å². The van der Waals surface area contributed by atoms with Crippen LogP contribution in [-0.2, 0) is 23.7 Å². The molecule has 8 heteroatoms. The third-order valence-electron chi connectivity index (χ3n) is 4.02. The number of rotatable bonds is 16. The Labute approximate surface area is 170 Å². The fourth-order valence-electron chi connectivity index (χ4n) is 3.26. The Bertz CT molecular complexity index is 345. The Morgan fingerprint density at radius 2 is 1.00 bits per heavy atom. The van der Waals surface area contributed by atoms with Crippen LogP contribution in [0.15, 0.2) is 0 Å². The second-order valence-electron chi connectivity index (χ2n) is 6.80. The third-order valence-corrected chi connectivity index (χ3v) is 7.21. The molecule has 0 aromatic heterocycles. The average Bonchev–Trinajstić information content (AvgIpc) is 2.52. The summed E-state index contributed by atoms with van der Waals surface area (Å²) in [7, 11) is 0.845. The molecule has 0 aromatic rings. The fraction of sp³-hybridized carbons (Fsp3) is 1.00. The quantitative estimate of drug-likeness (QED) is 0.292. The Balaban J connectivity index is 5.32. The van der Waals surface area contributed by atoms with E-state index in [4.69, 9.17) is 29.4 Å². The van der Waals surface area contributed by atoms with Gasteiger partial charge in [-0.1, -0.05) is 31.0 Å². The van der Waals surface area contributed by atoms with Crippen molar-refractivity contribution in [2.45, 2.75) is 97.0 Å². The second-order valence-corrected chi connectivity index (χ2v) is 11.0. The van der Waals surface area contributed by atoms with Crippen LogP contribution in [0.5, 0.6) is 0 Å². The van der Waals surface area contributed by atoms with Gasteiger partial charge in [0, 0.05) is 37.7 Å². The van der Waals surface area contributed by atoms with Gasteiger partial charge in [-0.25, -0.2) is 0 Å². The Hall–Kier alpha value is 0.620. The van der Waals surface area contributed by atoms with Crippen LogP contribution in [-0.4, -0.2) is 61.1 Å². The lowest BCUT2D eigenvalue weighted by Gasteiger charge is -2.39. The van der Waals surface area contributed by atoms with Crippen molar-refractivity contribution in [2.75, 3.05) is 26.4 Å². The smallest absolute Gasteiger partial charge is 0.181 e. The van der Waals surface area contributed by atoms with Crippen LogP contribution in [0.2, 0.25) is 0 Å². The number of ether oxygens (including phenoxy) is 5. The van der Waals surface area contributed by atoms with Crippen molar-refractivity contribution in [2.24, 2.45) is 5.73 Å². The zero-order chi connectivity index (χ0) is 21.1. The van der Waals surface area contributed by atoms with Gasteiger partial charge in [0.25, 0.3) is 0 Å². The zero-order valence-corrected chi connectivity index (χ0v) is 20.8. The summed E-state index contributed by atoms with van der Waals surface area (Å²) in [5.74, 6) is 0. The van der Waals surface area contributed by atoms with E-state index in [0.717, 1.165) is 0 Å². The second kappa shape index (κ2) is 13.8. The topological polar surface area (TPSA) is 72.2 Å². The molecular formula is C19H43NO5P2. The predicted molar refractivity (Wildman–Crippen MR) is 117 cm³/mol. The van der Waals surface area contributed by atoms with Crippen molar-refractivity contribution in [3.63, 3.8) is 0 Å². The van der Waals surface area contributed by atoms with Gasteiger partial charge >= 0.3 is 0 Å². The lowest BCUT2D eigenvalue weighted by atomic mass is 10.2. The van der Waals surface area contributed by atoms with Gasteiger partial charge in [-0.3, -0.25) is 0 Å². The van der Waals surface area contributed by atoms with E-state index in [1.807, 2.05) is 48.5 Å². The monoisotopic (exact) mass is 427 g/mol. The van der Waals surface area contributed by atoms with Gasteiger partial charge in [0.05, 0.1) is 6.10 Å². The minimum atomic E-state index is -0.603. The SMILES string of the molecule is CCOC(C)(OCC)PC(C)C(OC(C)N)C(C)PC(C)(OCC)OCC. The highest BCUT2D eigenvalue weighted by Gasteiger charge is 2.37. The molecule has 0 fully saturated rings. The number of nitrogens with two attached hydrogens (primary N) is 1. The largest absolute Gasteiger partial charge is 0.359 e. The number of hydrogen-bond acceptors (Lipinski definition) is 6. The summed E-state index contributed by atoms with van der Waals surface area (Å²) in [6.45, 7) is 20.6. The lowest BCUT2D eigenvalue weighted by Crippen LogP contribution is -2.42. The molecule has 0 amide bonds. The van der Waals surface area contributed by atoms with Crippen LogP contribution < -0.4 is 5.73 Å². The Kier molecular flexibility index (Phi) is 14.1. The van der Waals surface area contributed by atoms with E-state index < -0.39 is 11.1 Å². The van der Waals surface area contributed by atoms with E-state index in [0.29, 0.717) is 43.6 Å². The van der Waals surface area contributed by atoms with Gasteiger partial charge in [0.2, 0.25) is 0 Å². The molecule has 5 unspecified atom stereocenters. The van der Waals surface area contributed by atoms with E-state index >= 15 is 0 Å². The summed E-state index contributed by atoms with van der Waals surface area (Å²) in [6, 6.07) is 0. The molecule has 0 spiro atoms. The van der Waals surface area contributed by atoms with E-state index in [1.165, 1.54) is 0 Å². The maximum atomic E-state index is 6.15. The lowest BCUT2D eigenvalue weighted by molar-refractivity contribution is -0.157. The van der Waals surface area contributed by atoms with Crippen LogP contribution in [0.3, 0.4) is 0 Å². The maximum absolute atomic E-state index is 6.15. The molecule has 0 saturated carbocycles. The summed E-state index contributed by atoms with van der Waals surface area (Å²) in [5.41, 5.74) is 5.22. The van der Waals surface area contributed by atoms with E-state index in [9.17, 15) is 0 Å². The van der Waals surface area contributed by atoms with Crippen molar-refractivity contribution in [3.8, 4) is 0 Å². The van der Waals surface area contributed by atoms with Crippen LogP contribution in [0.1, 0.15) is 62.3 Å². The van der Waals surface area contributed by atoms with Crippen molar-refractivity contribution < 1.29 is 23.7 Å². The highest BCUT2D eigenvalue weighted by molar-refractivity contribution is 7.41. The first kappa shape index (κ1) is 27.6. The first-order chi connectivity index (χ1) is 12.6. The summed E-state index contributed by atoms with van der Waals surface area (Å²) in [4.78, 5) is 0. The maximum Gasteiger partial charge on any atom is 0.181 e. The van der Waals surface area contributed by atoms with E-state index in [2.05, 4.69) is 13.8 Å². The van der Waals surface area contributed by atoms with Crippen molar-refractivity contribution in [1.82, 2.24) is 0 Å². The van der Waals surface area contributed by atoms with Crippen LogP contribution in [0.4, 0.5) is 0 Å². The van der Waals surface area contributed by atoms with Crippen LogP contribution in [0.25, 0.3) is 0 Å². The first-order valence-corrected chi connectivity index (χ1v) is 12.2. The van der Waals surface area contributed by atoms with Gasteiger partial charge in [-0.2, -0.15) is 0 Å². The summed E-state index contributed by atoms with van der Waals surface area (Å²) >= 11 is 0. The highest BCUT2D eigenvalue weighted by Crippen LogP contribution is 2.46. The molecule has 164 valence electrons. The summed E-state index contributed by atoms with van der Waals surface area (Å²) in [5, 5.41) is 0. The molecule has 5 atom stereocenters. The molecule has 0 aromatic carbocycles. The molecule has 2 N–H and O–H groups in total. The third kappa shape index (κ3) is 10.8. The predicted octanol–water partition coefficient (Wildman–Crippen LogP) is 4.30. The first-order valence-electron chi connectivity index (χ1n) is 10.1. The van der Waals surface area contributed by atoms with Crippen molar-refractivity contribution >= 4 is 17.2 Å². The van der Waals surface area contributed by atoms with Gasteiger partial charge in [-0.15, -0.1) is 0 Å². The minimum absolute atomic E-state index is 0.0397. The van der Waals surface area contributed by atoms with Crippen molar-refractivity contribution in [3.05, 3.63) is 0 Å². The molecule has 0 rings (SSSR count). The summed E-state index contributed by atoms with van der Waals surface area (Å²) in [6.07, 6.45) is -0.382. The van der Waals surface area contributed by atoms with Gasteiger partial charge in [0.1, 0.15) is 6.23 Å². The molecular weight excluding hydrogens is 384 g/mol. The minimum Gasteiger partial charge on any atom is -0.359 e. The molecule has 27 heavy (non-hydrogen) atoms. The molecule has 0 aliphatic heterocycles. The molecule has 0 bridgehead atoms. The van der Waals surface area contributed by atoms with E-state index in [-0.39, 0.29) is 23.6 Å². The molecule has 0 saturated heterocycles. The normalized spacial score (nSPS) is 18.4. The average molecular weight is 428 g/mol. The van der Waals surface area contributed by atoms with Gasteiger partial charge in [0.15, 0.2) is 11.1 Å².